The SMILES string of the molecule is CN1CCC(CN(C)Cn2nc(CO)n(C3CC3)c2=S)CC1. The molecular formula is C15H27N5OS. The van der Waals surface area contributed by atoms with Crippen molar-refractivity contribution >= 4 is 12.2 Å². The molecule has 0 spiro atoms. The Hall–Kier alpha value is -0.760. The standard InChI is InChI=1S/C15H27N5OS/c1-17-7-5-12(6-8-17)9-18(2)11-19-15(22)20(13-3-4-13)14(10-21)16-19/h12-13,21H,3-11H2,1-2H3. The second-order valence-electron chi connectivity index (χ2n) is 6.88. The third-order valence-electron chi connectivity index (χ3n) is 4.78. The largest absolute Gasteiger partial charge is 0.388 e. The lowest BCUT2D eigenvalue weighted by Crippen LogP contribution is -2.36. The Balaban J connectivity index is 1.61. The van der Waals surface area contributed by atoms with Crippen molar-refractivity contribution in [2.45, 2.75) is 45.0 Å². The summed E-state index contributed by atoms with van der Waals surface area (Å²) in [5, 5.41) is 14.0. The number of nitrogens with zero attached hydrogens (tertiary/aromatic N) is 5. The van der Waals surface area contributed by atoms with Gasteiger partial charge in [0.25, 0.3) is 0 Å². The lowest BCUT2D eigenvalue weighted by molar-refractivity contribution is 0.153. The van der Waals surface area contributed by atoms with Gasteiger partial charge >= 0.3 is 0 Å². The monoisotopic (exact) mass is 325 g/mol. The zero-order valence-electron chi connectivity index (χ0n) is 13.6. The van der Waals surface area contributed by atoms with Crippen molar-refractivity contribution in [1.29, 1.82) is 0 Å². The molecule has 2 heterocycles. The van der Waals surface area contributed by atoms with Gasteiger partial charge in [0, 0.05) is 12.6 Å². The molecule has 0 radical (unpaired) electrons. The Morgan fingerprint density at radius 1 is 1.27 bits per heavy atom. The van der Waals surface area contributed by atoms with Gasteiger partial charge in [-0.2, -0.15) is 5.10 Å². The molecule has 3 rings (SSSR count). The predicted octanol–water partition coefficient (Wildman–Crippen LogP) is 1.47. The van der Waals surface area contributed by atoms with Crippen LogP contribution < -0.4 is 0 Å². The maximum absolute atomic E-state index is 9.49. The molecule has 22 heavy (non-hydrogen) atoms. The van der Waals surface area contributed by atoms with Crippen LogP contribution in [0.3, 0.4) is 0 Å². The normalized spacial score (nSPS) is 20.9. The molecule has 1 aliphatic carbocycles. The Labute approximate surface area is 137 Å². The van der Waals surface area contributed by atoms with Gasteiger partial charge in [-0.05, 0) is 71.0 Å². The molecule has 1 aromatic heterocycles. The molecule has 1 aromatic rings. The van der Waals surface area contributed by atoms with Gasteiger partial charge in [-0.25, -0.2) is 4.68 Å². The van der Waals surface area contributed by atoms with E-state index in [4.69, 9.17) is 12.2 Å². The number of rotatable bonds is 6. The van der Waals surface area contributed by atoms with Crippen LogP contribution in [-0.4, -0.2) is 63.0 Å². The fourth-order valence-electron chi connectivity index (χ4n) is 3.34. The van der Waals surface area contributed by atoms with E-state index in [9.17, 15) is 5.11 Å². The first kappa shape index (κ1) is 16.1. The average Bonchev–Trinajstić information content (AvgIpc) is 3.28. The highest BCUT2D eigenvalue weighted by Crippen LogP contribution is 2.36. The first-order valence-corrected chi connectivity index (χ1v) is 8.65. The summed E-state index contributed by atoms with van der Waals surface area (Å²) in [5.41, 5.74) is 0. The van der Waals surface area contributed by atoms with Crippen molar-refractivity contribution in [3.8, 4) is 0 Å². The average molecular weight is 325 g/mol. The summed E-state index contributed by atoms with van der Waals surface area (Å²) in [6, 6.07) is 0.461. The van der Waals surface area contributed by atoms with E-state index in [0.717, 1.165) is 30.1 Å². The quantitative estimate of drug-likeness (QED) is 0.803. The lowest BCUT2D eigenvalue weighted by atomic mass is 9.97. The third-order valence-corrected chi connectivity index (χ3v) is 5.19. The molecule has 2 fully saturated rings. The van der Waals surface area contributed by atoms with Crippen molar-refractivity contribution in [3.63, 3.8) is 0 Å². The third kappa shape index (κ3) is 3.59. The van der Waals surface area contributed by atoms with E-state index in [-0.39, 0.29) is 6.61 Å². The molecule has 124 valence electrons. The van der Waals surface area contributed by atoms with E-state index in [1.54, 1.807) is 0 Å². The van der Waals surface area contributed by atoms with E-state index in [1.807, 2.05) is 9.25 Å². The van der Waals surface area contributed by atoms with Crippen LogP contribution in [0, 0.1) is 10.7 Å². The Morgan fingerprint density at radius 2 is 1.95 bits per heavy atom. The first-order valence-electron chi connectivity index (χ1n) is 8.24. The molecule has 0 aromatic carbocycles. The second-order valence-corrected chi connectivity index (χ2v) is 7.25. The van der Waals surface area contributed by atoms with Gasteiger partial charge in [0.15, 0.2) is 10.6 Å². The number of hydrogen-bond donors (Lipinski definition) is 1. The molecule has 0 atom stereocenters. The van der Waals surface area contributed by atoms with Crippen molar-refractivity contribution in [2.24, 2.45) is 5.92 Å². The minimum Gasteiger partial charge on any atom is -0.388 e. The number of hydrogen-bond acceptors (Lipinski definition) is 5. The van der Waals surface area contributed by atoms with Gasteiger partial charge in [0.05, 0.1) is 6.67 Å². The number of likely N-dealkylation sites (tertiary alicyclic amines) is 1. The molecule has 0 bridgehead atoms. The Morgan fingerprint density at radius 3 is 2.55 bits per heavy atom. The second kappa shape index (κ2) is 6.78. The maximum atomic E-state index is 9.49. The summed E-state index contributed by atoms with van der Waals surface area (Å²) >= 11 is 5.55. The van der Waals surface area contributed by atoms with E-state index in [1.165, 1.54) is 25.9 Å². The van der Waals surface area contributed by atoms with Crippen LogP contribution in [0.4, 0.5) is 0 Å². The van der Waals surface area contributed by atoms with Crippen LogP contribution in [-0.2, 0) is 13.3 Å². The van der Waals surface area contributed by atoms with Crippen LogP contribution in [0.2, 0.25) is 0 Å². The minimum absolute atomic E-state index is 0.0359. The van der Waals surface area contributed by atoms with E-state index < -0.39 is 0 Å². The molecule has 1 saturated heterocycles. The summed E-state index contributed by atoms with van der Waals surface area (Å²) in [6.07, 6.45) is 4.84. The van der Waals surface area contributed by atoms with Crippen LogP contribution in [0.15, 0.2) is 0 Å². The zero-order chi connectivity index (χ0) is 15.7. The van der Waals surface area contributed by atoms with Crippen LogP contribution in [0.25, 0.3) is 0 Å². The molecule has 0 unspecified atom stereocenters. The van der Waals surface area contributed by atoms with Gasteiger partial charge in [-0.3, -0.25) is 9.47 Å². The van der Waals surface area contributed by atoms with Crippen molar-refractivity contribution in [1.82, 2.24) is 24.1 Å². The van der Waals surface area contributed by atoms with E-state index in [0.29, 0.717) is 18.5 Å². The van der Waals surface area contributed by atoms with Crippen LogP contribution in [0.1, 0.15) is 37.5 Å². The summed E-state index contributed by atoms with van der Waals surface area (Å²) in [7, 11) is 4.33. The first-order chi connectivity index (χ1) is 10.6. The van der Waals surface area contributed by atoms with Crippen molar-refractivity contribution < 1.29 is 5.11 Å². The molecule has 7 heteroatoms. The van der Waals surface area contributed by atoms with Crippen molar-refractivity contribution in [2.75, 3.05) is 33.7 Å². The molecule has 0 amide bonds. The van der Waals surface area contributed by atoms with Gasteiger partial charge in [-0.1, -0.05) is 0 Å². The number of piperidine rings is 1. The summed E-state index contributed by atoms with van der Waals surface area (Å²) in [4.78, 5) is 4.70. The fourth-order valence-corrected chi connectivity index (χ4v) is 3.69. The Bertz CT molecular complexity index is 557. The van der Waals surface area contributed by atoms with Crippen LogP contribution in [0.5, 0.6) is 0 Å². The summed E-state index contributed by atoms with van der Waals surface area (Å²) in [6.45, 7) is 4.15. The van der Waals surface area contributed by atoms with Gasteiger partial charge in [-0.15, -0.1) is 0 Å². The molecule has 1 N–H and O–H groups in total. The number of aromatic nitrogens is 3. The van der Waals surface area contributed by atoms with E-state index >= 15 is 0 Å². The van der Waals surface area contributed by atoms with Gasteiger partial charge in [0.2, 0.25) is 0 Å². The lowest BCUT2D eigenvalue weighted by Gasteiger charge is -2.31. The van der Waals surface area contributed by atoms with E-state index in [2.05, 4.69) is 29.0 Å². The van der Waals surface area contributed by atoms with Gasteiger partial charge in [0.1, 0.15) is 6.61 Å². The molecule has 1 saturated carbocycles. The molecule has 1 aliphatic heterocycles. The topological polar surface area (TPSA) is 49.5 Å². The van der Waals surface area contributed by atoms with Crippen molar-refractivity contribution in [3.05, 3.63) is 10.6 Å². The Kier molecular flexibility index (Phi) is 4.97. The van der Waals surface area contributed by atoms with Gasteiger partial charge < -0.3 is 10.0 Å². The highest BCUT2D eigenvalue weighted by molar-refractivity contribution is 7.71. The molecule has 6 nitrogen and oxygen atoms in total. The smallest absolute Gasteiger partial charge is 0.199 e. The highest BCUT2D eigenvalue weighted by Gasteiger charge is 2.28. The number of aliphatic hydroxyl groups excluding tert-OH is 1. The predicted molar refractivity (Wildman–Crippen MR) is 88.1 cm³/mol. The molecular weight excluding hydrogens is 298 g/mol. The fraction of sp³-hybridized carbons (Fsp3) is 0.867. The summed E-state index contributed by atoms with van der Waals surface area (Å²) < 4.78 is 4.66. The molecule has 2 aliphatic rings. The highest BCUT2D eigenvalue weighted by atomic mass is 32.1. The summed E-state index contributed by atoms with van der Waals surface area (Å²) in [5.74, 6) is 1.47. The maximum Gasteiger partial charge on any atom is 0.199 e. The van der Waals surface area contributed by atoms with Crippen LogP contribution >= 0.6 is 12.2 Å². The minimum atomic E-state index is -0.0359. The zero-order valence-corrected chi connectivity index (χ0v) is 14.4. The number of aliphatic hydroxyl groups is 1.